The smallest absolute Gasteiger partial charge is 0.307 e. The maximum absolute atomic E-state index is 13.4. The molecule has 0 spiro atoms. The van der Waals surface area contributed by atoms with Crippen molar-refractivity contribution in [2.45, 2.75) is 32.1 Å². The first kappa shape index (κ1) is 14.0. The minimum Gasteiger partial charge on any atom is -0.481 e. The first-order valence-electron chi connectivity index (χ1n) is 7.36. The number of carboxylic acids is 1. The molecular weight excluding hydrogens is 271 g/mol. The van der Waals surface area contributed by atoms with Gasteiger partial charge in [0.25, 0.3) is 0 Å². The van der Waals surface area contributed by atoms with Crippen molar-refractivity contribution in [2.75, 3.05) is 0 Å². The number of fused-ring (bicyclic) bond motifs is 1. The molecule has 5 heteroatoms. The standard InChI is InChI=1S/C16H19FN2O2/c1-3-9-6-11(12(7-9)16(20)21)15-18-13-5-4-10(17)8-14(13)19(15)2/h4-5,8-9,11-12H,3,6-7H2,1-2H3,(H,20,21). The Bertz CT molecular complexity index is 695. The van der Waals surface area contributed by atoms with Crippen LogP contribution in [0, 0.1) is 17.7 Å². The Morgan fingerprint density at radius 1 is 1.48 bits per heavy atom. The predicted molar refractivity (Wildman–Crippen MR) is 77.6 cm³/mol. The number of aryl methyl sites for hydroxylation is 1. The average molecular weight is 290 g/mol. The molecule has 3 atom stereocenters. The van der Waals surface area contributed by atoms with Crippen LogP contribution in [0.15, 0.2) is 18.2 Å². The summed E-state index contributed by atoms with van der Waals surface area (Å²) < 4.78 is 15.2. The number of nitrogens with zero attached hydrogens (tertiary/aromatic N) is 2. The van der Waals surface area contributed by atoms with Crippen LogP contribution in [0.3, 0.4) is 0 Å². The molecule has 1 heterocycles. The number of halogens is 1. The van der Waals surface area contributed by atoms with Gasteiger partial charge in [-0.2, -0.15) is 0 Å². The summed E-state index contributed by atoms with van der Waals surface area (Å²) in [6, 6.07) is 4.49. The van der Waals surface area contributed by atoms with Crippen molar-refractivity contribution in [2.24, 2.45) is 18.9 Å². The number of hydrogen-bond donors (Lipinski definition) is 1. The molecule has 1 aromatic heterocycles. The van der Waals surface area contributed by atoms with Crippen LogP contribution in [0.25, 0.3) is 11.0 Å². The number of carbonyl (C=O) groups is 1. The molecule has 1 fully saturated rings. The fraction of sp³-hybridized carbons (Fsp3) is 0.500. The zero-order valence-electron chi connectivity index (χ0n) is 12.2. The van der Waals surface area contributed by atoms with Gasteiger partial charge in [0, 0.05) is 13.0 Å². The number of benzene rings is 1. The van der Waals surface area contributed by atoms with Gasteiger partial charge in [0.1, 0.15) is 11.6 Å². The Morgan fingerprint density at radius 3 is 2.90 bits per heavy atom. The van der Waals surface area contributed by atoms with Crippen LogP contribution in [-0.2, 0) is 11.8 Å². The van der Waals surface area contributed by atoms with E-state index in [1.807, 2.05) is 11.6 Å². The molecule has 0 aliphatic heterocycles. The fourth-order valence-electron chi connectivity index (χ4n) is 3.55. The van der Waals surface area contributed by atoms with Gasteiger partial charge < -0.3 is 9.67 Å². The van der Waals surface area contributed by atoms with E-state index in [0.717, 1.165) is 24.2 Å². The van der Waals surface area contributed by atoms with Gasteiger partial charge in [-0.3, -0.25) is 4.79 Å². The lowest BCUT2D eigenvalue weighted by Gasteiger charge is -2.15. The Labute approximate surface area is 122 Å². The van der Waals surface area contributed by atoms with Crippen LogP contribution in [0.1, 0.15) is 37.9 Å². The van der Waals surface area contributed by atoms with E-state index in [2.05, 4.69) is 11.9 Å². The maximum Gasteiger partial charge on any atom is 0.307 e. The largest absolute Gasteiger partial charge is 0.481 e. The summed E-state index contributed by atoms with van der Waals surface area (Å²) in [5.41, 5.74) is 1.44. The molecule has 2 aromatic rings. The number of carboxylic acid groups (broad SMARTS) is 1. The van der Waals surface area contributed by atoms with Crippen LogP contribution in [-0.4, -0.2) is 20.6 Å². The molecule has 1 saturated carbocycles. The van der Waals surface area contributed by atoms with Crippen molar-refractivity contribution >= 4 is 17.0 Å². The van der Waals surface area contributed by atoms with E-state index in [1.54, 1.807) is 6.07 Å². The van der Waals surface area contributed by atoms with E-state index in [-0.39, 0.29) is 11.7 Å². The third-order valence-corrected chi connectivity index (χ3v) is 4.76. The van der Waals surface area contributed by atoms with Crippen LogP contribution in [0.5, 0.6) is 0 Å². The first-order valence-corrected chi connectivity index (χ1v) is 7.36. The molecule has 1 aliphatic rings. The summed E-state index contributed by atoms with van der Waals surface area (Å²) in [6.07, 6.45) is 2.53. The van der Waals surface area contributed by atoms with Gasteiger partial charge in [0.2, 0.25) is 0 Å². The van der Waals surface area contributed by atoms with E-state index in [0.29, 0.717) is 17.9 Å². The van der Waals surface area contributed by atoms with Crippen LogP contribution in [0.2, 0.25) is 0 Å². The van der Waals surface area contributed by atoms with Gasteiger partial charge in [-0.15, -0.1) is 0 Å². The SMILES string of the molecule is CCC1CC(C(=O)O)C(c2nc3ccc(F)cc3n2C)C1. The summed E-state index contributed by atoms with van der Waals surface area (Å²) in [7, 11) is 1.84. The van der Waals surface area contributed by atoms with Gasteiger partial charge in [-0.25, -0.2) is 9.37 Å². The van der Waals surface area contributed by atoms with Crippen molar-refractivity contribution in [1.29, 1.82) is 0 Å². The second-order valence-electron chi connectivity index (χ2n) is 5.96. The molecule has 1 aliphatic carbocycles. The highest BCUT2D eigenvalue weighted by Gasteiger charge is 2.41. The second kappa shape index (κ2) is 5.13. The van der Waals surface area contributed by atoms with Crippen LogP contribution >= 0.6 is 0 Å². The molecule has 112 valence electrons. The highest BCUT2D eigenvalue weighted by molar-refractivity contribution is 5.77. The maximum atomic E-state index is 13.4. The van der Waals surface area contributed by atoms with Gasteiger partial charge in [0.05, 0.1) is 17.0 Å². The van der Waals surface area contributed by atoms with E-state index in [9.17, 15) is 14.3 Å². The second-order valence-corrected chi connectivity index (χ2v) is 5.96. The lowest BCUT2D eigenvalue weighted by atomic mass is 9.95. The number of aromatic nitrogens is 2. The molecule has 0 amide bonds. The third kappa shape index (κ3) is 2.30. The Kier molecular flexibility index (Phi) is 3.43. The third-order valence-electron chi connectivity index (χ3n) is 4.76. The zero-order chi connectivity index (χ0) is 15.1. The average Bonchev–Trinajstić information content (AvgIpc) is 3.01. The Hall–Kier alpha value is -1.91. The summed E-state index contributed by atoms with van der Waals surface area (Å²) >= 11 is 0. The number of hydrogen-bond acceptors (Lipinski definition) is 2. The molecule has 0 saturated heterocycles. The minimum atomic E-state index is -0.755. The summed E-state index contributed by atoms with van der Waals surface area (Å²) in [5.74, 6) is -0.353. The molecule has 3 unspecified atom stereocenters. The first-order chi connectivity index (χ1) is 10.0. The molecule has 3 rings (SSSR count). The van der Waals surface area contributed by atoms with Gasteiger partial charge in [-0.1, -0.05) is 13.3 Å². The van der Waals surface area contributed by atoms with Crippen molar-refractivity contribution in [3.8, 4) is 0 Å². The summed E-state index contributed by atoms with van der Waals surface area (Å²) in [6.45, 7) is 2.09. The van der Waals surface area contributed by atoms with Gasteiger partial charge in [0.15, 0.2) is 0 Å². The number of imidazole rings is 1. The monoisotopic (exact) mass is 290 g/mol. The summed E-state index contributed by atoms with van der Waals surface area (Å²) in [4.78, 5) is 16.1. The fourth-order valence-corrected chi connectivity index (χ4v) is 3.55. The van der Waals surface area contributed by atoms with Gasteiger partial charge in [-0.05, 0) is 37.0 Å². The molecule has 1 N–H and O–H groups in total. The number of aliphatic carboxylic acids is 1. The van der Waals surface area contributed by atoms with Crippen molar-refractivity contribution in [3.05, 3.63) is 29.8 Å². The zero-order valence-corrected chi connectivity index (χ0v) is 12.2. The van der Waals surface area contributed by atoms with E-state index in [4.69, 9.17) is 0 Å². The quantitative estimate of drug-likeness (QED) is 0.943. The molecule has 0 radical (unpaired) electrons. The van der Waals surface area contributed by atoms with Crippen molar-refractivity contribution in [3.63, 3.8) is 0 Å². The lowest BCUT2D eigenvalue weighted by molar-refractivity contribution is -0.142. The van der Waals surface area contributed by atoms with Crippen molar-refractivity contribution in [1.82, 2.24) is 9.55 Å². The molecular formula is C16H19FN2O2. The number of rotatable bonds is 3. The van der Waals surface area contributed by atoms with E-state index >= 15 is 0 Å². The molecule has 21 heavy (non-hydrogen) atoms. The highest BCUT2D eigenvalue weighted by atomic mass is 19.1. The van der Waals surface area contributed by atoms with Crippen molar-refractivity contribution < 1.29 is 14.3 Å². The molecule has 1 aromatic carbocycles. The molecule has 4 nitrogen and oxygen atoms in total. The Balaban J connectivity index is 2.06. The van der Waals surface area contributed by atoms with Crippen LogP contribution < -0.4 is 0 Å². The Morgan fingerprint density at radius 2 is 2.24 bits per heavy atom. The molecule has 0 bridgehead atoms. The van der Waals surface area contributed by atoms with Crippen LogP contribution in [0.4, 0.5) is 4.39 Å². The van der Waals surface area contributed by atoms with E-state index in [1.165, 1.54) is 12.1 Å². The topological polar surface area (TPSA) is 55.1 Å². The minimum absolute atomic E-state index is 0.0899. The van der Waals surface area contributed by atoms with E-state index < -0.39 is 11.9 Å². The normalized spacial score (nSPS) is 25.6. The lowest BCUT2D eigenvalue weighted by Crippen LogP contribution is -2.19. The highest BCUT2D eigenvalue weighted by Crippen LogP contribution is 2.44. The van der Waals surface area contributed by atoms with Gasteiger partial charge >= 0.3 is 5.97 Å². The summed E-state index contributed by atoms with van der Waals surface area (Å²) in [5, 5.41) is 9.47. The predicted octanol–water partition coefficient (Wildman–Crippen LogP) is 3.32.